The molecule has 146 valence electrons. The maximum absolute atomic E-state index is 12.7. The molecule has 0 bridgehead atoms. The van der Waals surface area contributed by atoms with Gasteiger partial charge in [0.1, 0.15) is 11.6 Å². The van der Waals surface area contributed by atoms with Crippen molar-refractivity contribution in [1.82, 2.24) is 4.57 Å². The SMILES string of the molecule is Cc1ccc(NC(=O)/C(C#N)=C\c2cc(C)n(-c3ccc(Br)cc3)c2C)c(C)c1. The average Bonchev–Trinajstić information content (AvgIpc) is 2.96. The van der Waals surface area contributed by atoms with Crippen LogP contribution in [0.2, 0.25) is 0 Å². The summed E-state index contributed by atoms with van der Waals surface area (Å²) < 4.78 is 3.12. The van der Waals surface area contributed by atoms with Crippen molar-refractivity contribution in [1.29, 1.82) is 5.26 Å². The number of benzene rings is 2. The molecule has 1 heterocycles. The smallest absolute Gasteiger partial charge is 0.266 e. The Bertz CT molecular complexity index is 1150. The molecular formula is C24H22BrN3O. The first-order valence-corrected chi connectivity index (χ1v) is 10.0. The summed E-state index contributed by atoms with van der Waals surface area (Å²) in [5.41, 5.74) is 6.74. The number of halogens is 1. The van der Waals surface area contributed by atoms with Crippen LogP contribution in [0.5, 0.6) is 0 Å². The molecule has 3 rings (SSSR count). The highest BCUT2D eigenvalue weighted by atomic mass is 79.9. The third-order valence-corrected chi connectivity index (χ3v) is 5.38. The van der Waals surface area contributed by atoms with E-state index in [0.717, 1.165) is 38.2 Å². The first-order chi connectivity index (χ1) is 13.8. The highest BCUT2D eigenvalue weighted by Crippen LogP contribution is 2.24. The van der Waals surface area contributed by atoms with Crippen LogP contribution in [0.3, 0.4) is 0 Å². The van der Waals surface area contributed by atoms with Crippen LogP contribution in [0.4, 0.5) is 5.69 Å². The fraction of sp³-hybridized carbons (Fsp3) is 0.167. The Hall–Kier alpha value is -3.10. The molecule has 0 aliphatic heterocycles. The van der Waals surface area contributed by atoms with Crippen LogP contribution in [-0.4, -0.2) is 10.5 Å². The largest absolute Gasteiger partial charge is 0.321 e. The van der Waals surface area contributed by atoms with Gasteiger partial charge in [-0.3, -0.25) is 4.79 Å². The molecule has 1 N–H and O–H groups in total. The molecule has 0 aliphatic rings. The number of aromatic nitrogens is 1. The monoisotopic (exact) mass is 447 g/mol. The van der Waals surface area contributed by atoms with Gasteiger partial charge in [-0.1, -0.05) is 33.6 Å². The van der Waals surface area contributed by atoms with Gasteiger partial charge in [0, 0.05) is 27.2 Å². The number of anilines is 1. The van der Waals surface area contributed by atoms with E-state index in [1.54, 1.807) is 6.08 Å². The zero-order valence-electron chi connectivity index (χ0n) is 16.9. The Morgan fingerprint density at radius 1 is 1.07 bits per heavy atom. The summed E-state index contributed by atoms with van der Waals surface area (Å²) in [5.74, 6) is -0.409. The maximum atomic E-state index is 12.7. The lowest BCUT2D eigenvalue weighted by Gasteiger charge is -2.10. The van der Waals surface area contributed by atoms with E-state index in [2.05, 4.69) is 25.8 Å². The second-order valence-electron chi connectivity index (χ2n) is 7.08. The van der Waals surface area contributed by atoms with Gasteiger partial charge >= 0.3 is 0 Å². The van der Waals surface area contributed by atoms with Gasteiger partial charge in [-0.2, -0.15) is 5.26 Å². The van der Waals surface area contributed by atoms with E-state index in [0.29, 0.717) is 5.69 Å². The minimum absolute atomic E-state index is 0.0704. The van der Waals surface area contributed by atoms with Gasteiger partial charge in [0.25, 0.3) is 5.91 Å². The Balaban J connectivity index is 1.93. The lowest BCUT2D eigenvalue weighted by Crippen LogP contribution is -2.14. The maximum Gasteiger partial charge on any atom is 0.266 e. The Labute approximate surface area is 179 Å². The van der Waals surface area contributed by atoms with Crippen molar-refractivity contribution in [3.63, 3.8) is 0 Å². The molecule has 0 saturated carbocycles. The molecule has 29 heavy (non-hydrogen) atoms. The molecule has 2 aromatic carbocycles. The van der Waals surface area contributed by atoms with E-state index in [1.807, 2.05) is 82.3 Å². The number of nitrogens with one attached hydrogen (secondary N) is 1. The average molecular weight is 448 g/mol. The highest BCUT2D eigenvalue weighted by molar-refractivity contribution is 9.10. The topological polar surface area (TPSA) is 57.8 Å². The molecule has 0 spiro atoms. The number of rotatable bonds is 4. The first-order valence-electron chi connectivity index (χ1n) is 9.25. The van der Waals surface area contributed by atoms with Crippen molar-refractivity contribution in [2.75, 3.05) is 5.32 Å². The molecule has 0 fully saturated rings. The summed E-state index contributed by atoms with van der Waals surface area (Å²) in [4.78, 5) is 12.7. The van der Waals surface area contributed by atoms with Crippen molar-refractivity contribution in [3.05, 3.63) is 86.7 Å². The zero-order valence-corrected chi connectivity index (χ0v) is 18.5. The van der Waals surface area contributed by atoms with Crippen LogP contribution < -0.4 is 5.32 Å². The second kappa shape index (κ2) is 8.50. The minimum atomic E-state index is -0.409. The molecule has 5 heteroatoms. The number of nitriles is 1. The van der Waals surface area contributed by atoms with Crippen LogP contribution in [0.1, 0.15) is 28.1 Å². The van der Waals surface area contributed by atoms with Gasteiger partial charge in [-0.25, -0.2) is 0 Å². The predicted molar refractivity (Wildman–Crippen MR) is 121 cm³/mol. The summed E-state index contributed by atoms with van der Waals surface area (Å²) in [6.07, 6.45) is 1.65. The number of aryl methyl sites for hydroxylation is 3. The van der Waals surface area contributed by atoms with Gasteiger partial charge in [0.2, 0.25) is 0 Å². The summed E-state index contributed by atoms with van der Waals surface area (Å²) in [7, 11) is 0. The van der Waals surface area contributed by atoms with Crippen molar-refractivity contribution < 1.29 is 4.79 Å². The Morgan fingerprint density at radius 3 is 2.38 bits per heavy atom. The first kappa shape index (κ1) is 20.6. The van der Waals surface area contributed by atoms with Gasteiger partial charge in [0.05, 0.1) is 0 Å². The standard InChI is InChI=1S/C24H22BrN3O/c1-15-5-10-23(16(2)11-15)27-24(29)20(14-26)13-19-12-17(3)28(18(19)4)22-8-6-21(25)7-9-22/h5-13H,1-4H3,(H,27,29)/b20-13-. The fourth-order valence-electron chi connectivity index (χ4n) is 3.37. The molecule has 1 aromatic heterocycles. The lowest BCUT2D eigenvalue weighted by molar-refractivity contribution is -0.112. The quantitative estimate of drug-likeness (QED) is 0.392. The van der Waals surface area contributed by atoms with E-state index in [1.165, 1.54) is 0 Å². The molecule has 0 saturated heterocycles. The molecule has 0 unspecified atom stereocenters. The predicted octanol–water partition coefficient (Wildman–Crippen LogP) is 6.02. The lowest BCUT2D eigenvalue weighted by atomic mass is 10.1. The molecule has 4 nitrogen and oxygen atoms in total. The fourth-order valence-corrected chi connectivity index (χ4v) is 3.63. The van der Waals surface area contributed by atoms with Crippen LogP contribution in [0, 0.1) is 39.0 Å². The molecule has 3 aromatic rings. The molecular weight excluding hydrogens is 426 g/mol. The van der Waals surface area contributed by atoms with Crippen LogP contribution >= 0.6 is 15.9 Å². The van der Waals surface area contributed by atoms with Crippen molar-refractivity contribution in [2.24, 2.45) is 0 Å². The van der Waals surface area contributed by atoms with E-state index in [4.69, 9.17) is 0 Å². The summed E-state index contributed by atoms with van der Waals surface area (Å²) >= 11 is 3.46. The van der Waals surface area contributed by atoms with Gasteiger partial charge in [0.15, 0.2) is 0 Å². The van der Waals surface area contributed by atoms with Gasteiger partial charge < -0.3 is 9.88 Å². The summed E-state index contributed by atoms with van der Waals surface area (Å²) in [5, 5.41) is 12.4. The molecule has 0 atom stereocenters. The second-order valence-corrected chi connectivity index (χ2v) is 8.00. The van der Waals surface area contributed by atoms with Gasteiger partial charge in [-0.05, 0) is 81.3 Å². The van der Waals surface area contributed by atoms with Crippen molar-refractivity contribution >= 4 is 33.6 Å². The normalized spacial score (nSPS) is 11.2. The Morgan fingerprint density at radius 2 is 1.76 bits per heavy atom. The number of carbonyl (C=O) groups is 1. The van der Waals surface area contributed by atoms with E-state index >= 15 is 0 Å². The molecule has 1 amide bonds. The van der Waals surface area contributed by atoms with E-state index < -0.39 is 5.91 Å². The van der Waals surface area contributed by atoms with Crippen molar-refractivity contribution in [3.8, 4) is 11.8 Å². The van der Waals surface area contributed by atoms with Crippen LogP contribution in [0.25, 0.3) is 11.8 Å². The van der Waals surface area contributed by atoms with E-state index in [9.17, 15) is 10.1 Å². The van der Waals surface area contributed by atoms with Crippen molar-refractivity contribution in [2.45, 2.75) is 27.7 Å². The molecule has 0 radical (unpaired) electrons. The highest BCUT2D eigenvalue weighted by Gasteiger charge is 2.14. The van der Waals surface area contributed by atoms with Crippen LogP contribution in [-0.2, 0) is 4.79 Å². The third-order valence-electron chi connectivity index (χ3n) is 4.85. The number of nitrogens with zero attached hydrogens (tertiary/aromatic N) is 2. The zero-order chi connectivity index (χ0) is 21.1. The third kappa shape index (κ3) is 4.49. The summed E-state index contributed by atoms with van der Waals surface area (Å²) in [6.45, 7) is 7.93. The number of amides is 1. The summed E-state index contributed by atoms with van der Waals surface area (Å²) in [6, 6.07) is 17.8. The number of hydrogen-bond acceptors (Lipinski definition) is 2. The number of hydrogen-bond donors (Lipinski definition) is 1. The van der Waals surface area contributed by atoms with Gasteiger partial charge in [-0.15, -0.1) is 0 Å². The van der Waals surface area contributed by atoms with Crippen LogP contribution in [0.15, 0.2) is 58.6 Å². The number of carbonyl (C=O) groups excluding carboxylic acids is 1. The Kier molecular flexibility index (Phi) is 6.05. The minimum Gasteiger partial charge on any atom is -0.321 e. The van der Waals surface area contributed by atoms with E-state index in [-0.39, 0.29) is 5.57 Å². The molecule has 0 aliphatic carbocycles.